The second-order valence-electron chi connectivity index (χ2n) is 6.26. The molecule has 126 valence electrons. The molecule has 0 aliphatic carbocycles. The van der Waals surface area contributed by atoms with Gasteiger partial charge in [-0.15, -0.1) is 0 Å². The van der Waals surface area contributed by atoms with Crippen molar-refractivity contribution in [1.29, 1.82) is 0 Å². The van der Waals surface area contributed by atoms with Gasteiger partial charge < -0.3 is 19.5 Å². The van der Waals surface area contributed by atoms with Crippen LogP contribution in [0.2, 0.25) is 0 Å². The molecule has 0 aromatic heterocycles. The molecule has 1 fully saturated rings. The van der Waals surface area contributed by atoms with Crippen molar-refractivity contribution in [3.8, 4) is 0 Å². The Labute approximate surface area is 134 Å². The largest absolute Gasteiger partial charge is 0.481 e. The van der Waals surface area contributed by atoms with Gasteiger partial charge in [0.25, 0.3) is 0 Å². The minimum absolute atomic E-state index is 0.0574. The number of rotatable bonds is 6. The van der Waals surface area contributed by atoms with E-state index in [1.54, 1.807) is 20.8 Å². The zero-order chi connectivity index (χ0) is 17.0. The number of carbonyl (C=O) groups is 3. The lowest BCUT2D eigenvalue weighted by atomic mass is 9.95. The Hall–Kier alpha value is -1.44. The zero-order valence-corrected chi connectivity index (χ0v) is 14.2. The third-order valence-corrected chi connectivity index (χ3v) is 4.45. The molecule has 1 aliphatic rings. The van der Waals surface area contributed by atoms with E-state index in [-0.39, 0.29) is 18.8 Å². The number of likely N-dealkylation sites (tertiary alicyclic amines) is 1. The van der Waals surface area contributed by atoms with E-state index >= 15 is 0 Å². The maximum atomic E-state index is 11.9. The number of hydrogen-bond acceptors (Lipinski definition) is 6. The SMILES string of the molecule is COC(=O)CCSC1(CC(=O)O)CN(C(=O)OC(C)(C)C)C1. The summed E-state index contributed by atoms with van der Waals surface area (Å²) in [6.45, 7) is 5.95. The summed E-state index contributed by atoms with van der Waals surface area (Å²) >= 11 is 1.39. The lowest BCUT2D eigenvalue weighted by Crippen LogP contribution is -2.63. The highest BCUT2D eigenvalue weighted by atomic mass is 32.2. The van der Waals surface area contributed by atoms with Crippen molar-refractivity contribution in [3.63, 3.8) is 0 Å². The molecule has 0 unspecified atom stereocenters. The fraction of sp³-hybridized carbons (Fsp3) is 0.786. The first-order valence-corrected chi connectivity index (χ1v) is 7.96. The van der Waals surface area contributed by atoms with Crippen LogP contribution in [0.4, 0.5) is 4.79 Å². The first-order valence-electron chi connectivity index (χ1n) is 6.97. The summed E-state index contributed by atoms with van der Waals surface area (Å²) in [5.41, 5.74) is -0.583. The molecule has 0 bridgehead atoms. The van der Waals surface area contributed by atoms with Crippen LogP contribution in [-0.4, -0.2) is 64.3 Å². The van der Waals surface area contributed by atoms with Gasteiger partial charge in [0.15, 0.2) is 0 Å². The highest BCUT2D eigenvalue weighted by Gasteiger charge is 2.48. The molecule has 0 aromatic carbocycles. The molecule has 8 heteroatoms. The summed E-state index contributed by atoms with van der Waals surface area (Å²) in [5, 5.41) is 9.04. The van der Waals surface area contributed by atoms with Crippen LogP contribution in [0, 0.1) is 0 Å². The Bertz CT molecular complexity index is 439. The van der Waals surface area contributed by atoms with Gasteiger partial charge >= 0.3 is 18.0 Å². The third kappa shape index (κ3) is 5.75. The molecule has 0 spiro atoms. The van der Waals surface area contributed by atoms with Gasteiger partial charge in [-0.1, -0.05) is 0 Å². The number of carboxylic acids is 1. The van der Waals surface area contributed by atoms with Crippen LogP contribution in [-0.2, 0) is 19.1 Å². The van der Waals surface area contributed by atoms with E-state index in [0.717, 1.165) is 0 Å². The van der Waals surface area contributed by atoms with Crippen molar-refractivity contribution in [2.45, 2.75) is 44.0 Å². The average molecular weight is 333 g/mol. The fourth-order valence-corrected chi connectivity index (χ4v) is 3.51. The van der Waals surface area contributed by atoms with Gasteiger partial charge in [-0.25, -0.2) is 4.79 Å². The molecule has 0 aromatic rings. The van der Waals surface area contributed by atoms with Crippen molar-refractivity contribution in [2.75, 3.05) is 26.0 Å². The van der Waals surface area contributed by atoms with Crippen molar-refractivity contribution < 1.29 is 29.0 Å². The lowest BCUT2D eigenvalue weighted by Gasteiger charge is -2.48. The highest BCUT2D eigenvalue weighted by molar-refractivity contribution is 8.00. The number of amides is 1. The average Bonchev–Trinajstić information content (AvgIpc) is 2.31. The number of methoxy groups -OCH3 is 1. The van der Waals surface area contributed by atoms with Crippen LogP contribution >= 0.6 is 11.8 Å². The minimum Gasteiger partial charge on any atom is -0.481 e. The number of hydrogen-bond donors (Lipinski definition) is 1. The van der Waals surface area contributed by atoms with Gasteiger partial charge in [0, 0.05) is 18.8 Å². The fourth-order valence-electron chi connectivity index (χ4n) is 2.09. The van der Waals surface area contributed by atoms with Crippen LogP contribution in [0.15, 0.2) is 0 Å². The number of aliphatic carboxylic acids is 1. The number of ether oxygens (including phenoxy) is 2. The molecule has 7 nitrogen and oxygen atoms in total. The molecule has 0 atom stereocenters. The van der Waals surface area contributed by atoms with E-state index in [9.17, 15) is 14.4 Å². The number of thioether (sulfide) groups is 1. The number of carboxylic acid groups (broad SMARTS) is 1. The van der Waals surface area contributed by atoms with Crippen LogP contribution < -0.4 is 0 Å². The summed E-state index contributed by atoms with van der Waals surface area (Å²) < 4.78 is 9.26. The molecule has 1 heterocycles. The van der Waals surface area contributed by atoms with E-state index in [1.165, 1.54) is 23.8 Å². The van der Waals surface area contributed by atoms with Crippen molar-refractivity contribution in [2.24, 2.45) is 0 Å². The lowest BCUT2D eigenvalue weighted by molar-refractivity contribution is -0.140. The van der Waals surface area contributed by atoms with Crippen molar-refractivity contribution in [3.05, 3.63) is 0 Å². The standard InChI is InChI=1S/C14H23NO6S/c1-13(2,3)21-12(19)15-8-14(9-15,7-10(16)17)22-6-5-11(18)20-4/h5-9H2,1-4H3,(H,16,17). The number of carbonyl (C=O) groups excluding carboxylic acids is 2. The molecule has 1 rings (SSSR count). The van der Waals surface area contributed by atoms with E-state index in [1.807, 2.05) is 0 Å². The van der Waals surface area contributed by atoms with Crippen molar-refractivity contribution >= 4 is 29.8 Å². The normalized spacial score (nSPS) is 16.6. The number of nitrogens with zero attached hydrogens (tertiary/aromatic N) is 1. The van der Waals surface area contributed by atoms with Crippen LogP contribution in [0.5, 0.6) is 0 Å². The molecule has 22 heavy (non-hydrogen) atoms. The molecule has 1 N–H and O–H groups in total. The zero-order valence-electron chi connectivity index (χ0n) is 13.4. The first-order chi connectivity index (χ1) is 10.1. The van der Waals surface area contributed by atoms with Crippen molar-refractivity contribution in [1.82, 2.24) is 4.90 Å². The Morgan fingerprint density at radius 3 is 2.32 bits per heavy atom. The van der Waals surface area contributed by atoms with E-state index in [2.05, 4.69) is 4.74 Å². The second-order valence-corrected chi connectivity index (χ2v) is 7.83. The Balaban J connectivity index is 2.54. The number of esters is 1. The van der Waals surface area contributed by atoms with Crippen LogP contribution in [0.1, 0.15) is 33.6 Å². The van der Waals surface area contributed by atoms with Gasteiger partial charge in [0.05, 0.1) is 24.7 Å². The quantitative estimate of drug-likeness (QED) is 0.740. The van der Waals surface area contributed by atoms with Crippen LogP contribution in [0.3, 0.4) is 0 Å². The maximum Gasteiger partial charge on any atom is 0.410 e. The molecular weight excluding hydrogens is 310 g/mol. The Kier molecular flexibility index (Phi) is 6.10. The highest BCUT2D eigenvalue weighted by Crippen LogP contribution is 2.39. The topological polar surface area (TPSA) is 93.1 Å². The molecule has 1 amide bonds. The Morgan fingerprint density at radius 2 is 1.86 bits per heavy atom. The summed E-state index contributed by atoms with van der Waals surface area (Å²) in [4.78, 5) is 35.5. The third-order valence-electron chi connectivity index (χ3n) is 3.03. The molecule has 1 aliphatic heterocycles. The van der Waals surface area contributed by atoms with Gasteiger partial charge in [0.1, 0.15) is 5.60 Å². The minimum atomic E-state index is -0.922. The van der Waals surface area contributed by atoms with E-state index in [0.29, 0.717) is 18.8 Å². The summed E-state index contributed by atoms with van der Waals surface area (Å²) in [7, 11) is 1.31. The Morgan fingerprint density at radius 1 is 1.27 bits per heavy atom. The van der Waals surface area contributed by atoms with Crippen LogP contribution in [0.25, 0.3) is 0 Å². The predicted octanol–water partition coefficient (Wildman–Crippen LogP) is 1.75. The monoisotopic (exact) mass is 333 g/mol. The van der Waals surface area contributed by atoms with Gasteiger partial charge in [-0.2, -0.15) is 11.8 Å². The van der Waals surface area contributed by atoms with Gasteiger partial charge in [-0.3, -0.25) is 9.59 Å². The first kappa shape index (κ1) is 18.6. The van der Waals surface area contributed by atoms with Gasteiger partial charge in [0.2, 0.25) is 0 Å². The summed E-state index contributed by atoms with van der Waals surface area (Å²) in [6, 6.07) is 0. The maximum absolute atomic E-state index is 11.9. The second kappa shape index (κ2) is 7.21. The summed E-state index contributed by atoms with van der Waals surface area (Å²) in [6.07, 6.45) is -0.283. The smallest absolute Gasteiger partial charge is 0.410 e. The summed E-state index contributed by atoms with van der Waals surface area (Å²) in [5.74, 6) is -0.794. The van der Waals surface area contributed by atoms with E-state index < -0.39 is 22.4 Å². The molecule has 0 saturated carbocycles. The van der Waals surface area contributed by atoms with E-state index in [4.69, 9.17) is 9.84 Å². The molecule has 0 radical (unpaired) electrons. The van der Waals surface area contributed by atoms with Gasteiger partial charge in [-0.05, 0) is 20.8 Å². The molecule has 1 saturated heterocycles. The molecular formula is C14H23NO6S. The predicted molar refractivity (Wildman–Crippen MR) is 81.9 cm³/mol.